The second-order valence-electron chi connectivity index (χ2n) is 5.14. The van der Waals surface area contributed by atoms with Crippen molar-refractivity contribution in [2.45, 2.75) is 17.9 Å². The van der Waals surface area contributed by atoms with E-state index in [1.165, 1.54) is 43.3 Å². The van der Waals surface area contributed by atoms with Crippen LogP contribution in [-0.4, -0.2) is 32.7 Å². The Morgan fingerprint density at radius 2 is 1.88 bits per heavy atom. The Morgan fingerprint density at radius 1 is 1.17 bits per heavy atom. The van der Waals surface area contributed by atoms with Gasteiger partial charge in [0.2, 0.25) is 0 Å². The molecule has 2 aromatic rings. The van der Waals surface area contributed by atoms with Gasteiger partial charge < -0.3 is 10.1 Å². The lowest BCUT2D eigenvalue weighted by Crippen LogP contribution is -2.38. The molecule has 2 aromatic carbocycles. The summed E-state index contributed by atoms with van der Waals surface area (Å²) < 4.78 is 42.6. The molecule has 24 heavy (non-hydrogen) atoms. The average molecular weight is 351 g/mol. The van der Waals surface area contributed by atoms with Crippen LogP contribution in [0.2, 0.25) is 0 Å². The summed E-state index contributed by atoms with van der Waals surface area (Å²) in [7, 11) is -3.45. The number of carbonyl (C=O) groups excluding carboxylic acids is 1. The molecular weight excluding hydrogens is 333 g/mol. The zero-order valence-corrected chi connectivity index (χ0v) is 13.9. The first-order chi connectivity index (χ1) is 11.4. The van der Waals surface area contributed by atoms with E-state index in [1.807, 2.05) is 0 Å². The number of amides is 1. The van der Waals surface area contributed by atoms with Gasteiger partial charge in [-0.15, -0.1) is 0 Å². The number of benzene rings is 2. The molecule has 0 radical (unpaired) electrons. The van der Waals surface area contributed by atoms with Crippen molar-refractivity contribution in [1.82, 2.24) is 5.32 Å². The molecule has 1 N–H and O–H groups in total. The Labute approximate surface area is 140 Å². The molecule has 0 heterocycles. The fourth-order valence-corrected chi connectivity index (χ4v) is 3.17. The minimum Gasteiger partial charge on any atom is -0.481 e. The van der Waals surface area contributed by atoms with Crippen LogP contribution in [0.1, 0.15) is 6.92 Å². The van der Waals surface area contributed by atoms with Crippen molar-refractivity contribution in [3.05, 3.63) is 60.4 Å². The number of nitrogens with one attached hydrogen (secondary N) is 1. The molecule has 0 saturated carbocycles. The van der Waals surface area contributed by atoms with Gasteiger partial charge >= 0.3 is 0 Å². The summed E-state index contributed by atoms with van der Waals surface area (Å²) in [5, 5.41) is 2.51. The number of hydrogen-bond acceptors (Lipinski definition) is 4. The average Bonchev–Trinajstić information content (AvgIpc) is 2.55. The summed E-state index contributed by atoms with van der Waals surface area (Å²) in [6, 6.07) is 13.5. The fraction of sp³-hybridized carbons (Fsp3) is 0.235. The highest BCUT2D eigenvalue weighted by Gasteiger charge is 2.17. The van der Waals surface area contributed by atoms with Crippen molar-refractivity contribution in [3.8, 4) is 5.75 Å². The maximum absolute atomic E-state index is 13.1. The number of halogens is 1. The predicted octanol–water partition coefficient (Wildman–Crippen LogP) is 2.18. The van der Waals surface area contributed by atoms with E-state index < -0.39 is 27.7 Å². The van der Waals surface area contributed by atoms with Crippen molar-refractivity contribution in [3.63, 3.8) is 0 Å². The van der Waals surface area contributed by atoms with E-state index >= 15 is 0 Å². The van der Waals surface area contributed by atoms with Gasteiger partial charge in [0.1, 0.15) is 11.6 Å². The van der Waals surface area contributed by atoms with Crippen LogP contribution < -0.4 is 10.1 Å². The molecule has 1 unspecified atom stereocenters. The van der Waals surface area contributed by atoms with Crippen LogP contribution in [0.25, 0.3) is 0 Å². The van der Waals surface area contributed by atoms with Crippen molar-refractivity contribution in [2.75, 3.05) is 12.3 Å². The van der Waals surface area contributed by atoms with E-state index in [1.54, 1.807) is 18.2 Å². The first-order valence-electron chi connectivity index (χ1n) is 7.36. The van der Waals surface area contributed by atoms with Gasteiger partial charge in [-0.3, -0.25) is 4.79 Å². The number of hydrogen-bond donors (Lipinski definition) is 1. The fourth-order valence-electron chi connectivity index (χ4n) is 2.00. The SMILES string of the molecule is CC(Oc1cccc(F)c1)C(=O)NCCS(=O)(=O)c1ccccc1. The molecule has 5 nitrogen and oxygen atoms in total. The van der Waals surface area contributed by atoms with Gasteiger partial charge in [0, 0.05) is 12.6 Å². The van der Waals surface area contributed by atoms with E-state index in [4.69, 9.17) is 4.74 Å². The highest BCUT2D eigenvalue weighted by Crippen LogP contribution is 2.14. The van der Waals surface area contributed by atoms with E-state index in [0.29, 0.717) is 0 Å². The van der Waals surface area contributed by atoms with E-state index in [-0.39, 0.29) is 22.9 Å². The summed E-state index contributed by atoms with van der Waals surface area (Å²) in [5.74, 6) is -0.916. The molecule has 0 aliphatic carbocycles. The van der Waals surface area contributed by atoms with E-state index in [9.17, 15) is 17.6 Å². The third-order valence-electron chi connectivity index (χ3n) is 3.25. The second-order valence-corrected chi connectivity index (χ2v) is 7.25. The minimum absolute atomic E-state index is 0.0348. The standard InChI is InChI=1S/C17H18FNO4S/c1-13(23-15-7-5-6-14(18)12-15)17(20)19-10-11-24(21,22)16-8-3-2-4-9-16/h2-9,12-13H,10-11H2,1H3,(H,19,20). The van der Waals surface area contributed by atoms with Gasteiger partial charge in [0.25, 0.3) is 5.91 Å². The normalized spacial score (nSPS) is 12.4. The molecule has 0 saturated heterocycles. The Balaban J connectivity index is 1.84. The number of rotatable bonds is 7. The number of carbonyl (C=O) groups is 1. The van der Waals surface area contributed by atoms with Gasteiger partial charge in [-0.2, -0.15) is 0 Å². The molecule has 0 bridgehead atoms. The maximum Gasteiger partial charge on any atom is 0.260 e. The predicted molar refractivity (Wildman–Crippen MR) is 88.0 cm³/mol. The zero-order chi connectivity index (χ0) is 17.6. The molecule has 0 fully saturated rings. The summed E-state index contributed by atoms with van der Waals surface area (Å²) in [6.45, 7) is 1.47. The molecule has 2 rings (SSSR count). The van der Waals surface area contributed by atoms with Gasteiger partial charge in [0.05, 0.1) is 10.6 Å². The summed E-state index contributed by atoms with van der Waals surface area (Å²) in [6.07, 6.45) is -0.869. The smallest absolute Gasteiger partial charge is 0.260 e. The highest BCUT2D eigenvalue weighted by molar-refractivity contribution is 7.91. The first kappa shape index (κ1) is 17.9. The van der Waals surface area contributed by atoms with Crippen LogP contribution in [0.4, 0.5) is 4.39 Å². The number of sulfone groups is 1. The van der Waals surface area contributed by atoms with Crippen molar-refractivity contribution < 1.29 is 22.3 Å². The van der Waals surface area contributed by atoms with Gasteiger partial charge in [-0.25, -0.2) is 12.8 Å². The van der Waals surface area contributed by atoms with E-state index in [0.717, 1.165) is 0 Å². The van der Waals surface area contributed by atoms with Crippen LogP contribution in [0.5, 0.6) is 5.75 Å². The lowest BCUT2D eigenvalue weighted by Gasteiger charge is -2.14. The Morgan fingerprint density at radius 3 is 2.54 bits per heavy atom. The number of ether oxygens (including phenoxy) is 1. The molecule has 128 valence electrons. The van der Waals surface area contributed by atoms with Gasteiger partial charge in [-0.05, 0) is 31.2 Å². The molecule has 0 aliphatic heterocycles. The first-order valence-corrected chi connectivity index (χ1v) is 9.01. The second kappa shape index (κ2) is 7.92. The van der Waals surface area contributed by atoms with Crippen molar-refractivity contribution in [1.29, 1.82) is 0 Å². The third kappa shape index (κ3) is 5.06. The van der Waals surface area contributed by atoms with Crippen LogP contribution >= 0.6 is 0 Å². The highest BCUT2D eigenvalue weighted by atomic mass is 32.2. The Bertz CT molecular complexity index is 793. The molecule has 1 atom stereocenters. The minimum atomic E-state index is -3.45. The van der Waals surface area contributed by atoms with E-state index in [2.05, 4.69) is 5.32 Å². The Hall–Kier alpha value is -2.41. The summed E-state index contributed by atoms with van der Waals surface area (Å²) >= 11 is 0. The zero-order valence-electron chi connectivity index (χ0n) is 13.1. The molecule has 0 aliphatic rings. The summed E-state index contributed by atoms with van der Waals surface area (Å²) in [5.41, 5.74) is 0. The lowest BCUT2D eigenvalue weighted by molar-refractivity contribution is -0.127. The van der Waals surface area contributed by atoms with Crippen LogP contribution in [-0.2, 0) is 14.6 Å². The van der Waals surface area contributed by atoms with Crippen LogP contribution in [0, 0.1) is 5.82 Å². The largest absolute Gasteiger partial charge is 0.481 e. The van der Waals surface area contributed by atoms with Gasteiger partial charge in [-0.1, -0.05) is 24.3 Å². The van der Waals surface area contributed by atoms with Crippen LogP contribution in [0.3, 0.4) is 0 Å². The molecule has 7 heteroatoms. The monoisotopic (exact) mass is 351 g/mol. The topological polar surface area (TPSA) is 72.5 Å². The molecule has 1 amide bonds. The van der Waals surface area contributed by atoms with Crippen molar-refractivity contribution in [2.24, 2.45) is 0 Å². The third-order valence-corrected chi connectivity index (χ3v) is 4.98. The lowest BCUT2D eigenvalue weighted by atomic mass is 10.3. The Kier molecular flexibility index (Phi) is 5.92. The quantitative estimate of drug-likeness (QED) is 0.830. The molecular formula is C17H18FNO4S. The van der Waals surface area contributed by atoms with Crippen molar-refractivity contribution >= 4 is 15.7 Å². The molecule has 0 aromatic heterocycles. The summed E-state index contributed by atoms with van der Waals surface area (Å²) in [4.78, 5) is 12.1. The van der Waals surface area contributed by atoms with Gasteiger partial charge in [0.15, 0.2) is 15.9 Å². The maximum atomic E-state index is 13.1. The van der Waals surface area contributed by atoms with Crippen LogP contribution in [0.15, 0.2) is 59.5 Å². The molecule has 0 spiro atoms.